The lowest BCUT2D eigenvalue weighted by Gasteiger charge is -2.19. The van der Waals surface area contributed by atoms with Gasteiger partial charge in [0, 0.05) is 0 Å². The van der Waals surface area contributed by atoms with Gasteiger partial charge in [-0.3, -0.25) is 9.69 Å². The van der Waals surface area contributed by atoms with Gasteiger partial charge in [0.05, 0.1) is 29.4 Å². The Kier molecular flexibility index (Phi) is 4.81. The van der Waals surface area contributed by atoms with Crippen LogP contribution in [0.3, 0.4) is 0 Å². The van der Waals surface area contributed by atoms with Gasteiger partial charge in [0.1, 0.15) is 5.76 Å². The number of rotatable bonds is 5. The van der Waals surface area contributed by atoms with Gasteiger partial charge in [-0.05, 0) is 47.0 Å². The normalized spacial score (nSPS) is 11.2. The van der Waals surface area contributed by atoms with Crippen molar-refractivity contribution in [2.24, 2.45) is 0 Å². The van der Waals surface area contributed by atoms with E-state index < -0.39 is 0 Å². The minimum Gasteiger partial charge on any atom is -0.467 e. The summed E-state index contributed by atoms with van der Waals surface area (Å²) in [6.45, 7) is 2.40. The minimum atomic E-state index is -0.000498. The van der Waals surface area contributed by atoms with Crippen molar-refractivity contribution in [1.29, 1.82) is 0 Å². The average Bonchev–Trinajstić information content (AvgIpc) is 3.42. The molecule has 0 aliphatic carbocycles. The molecule has 0 unspecified atom stereocenters. The van der Waals surface area contributed by atoms with Crippen molar-refractivity contribution in [2.75, 3.05) is 4.90 Å². The lowest BCUT2D eigenvalue weighted by Crippen LogP contribution is -2.31. The third-order valence-electron chi connectivity index (χ3n) is 5.26. The average molecular weight is 413 g/mol. The maximum absolute atomic E-state index is 13.5. The molecular weight excluding hydrogens is 392 g/mol. The van der Waals surface area contributed by atoms with E-state index in [0.717, 1.165) is 37.9 Å². The third kappa shape index (κ3) is 3.48. The molecule has 0 saturated heterocycles. The Morgan fingerprint density at radius 2 is 1.83 bits per heavy atom. The molecule has 3 aromatic carbocycles. The Hall–Kier alpha value is -3.44. The fraction of sp³-hybridized carbons (Fsp3) is 0.120. The molecular formula is C25H20N2O2S. The molecule has 0 spiro atoms. The van der Waals surface area contributed by atoms with Crippen LogP contribution in [0.5, 0.6) is 0 Å². The lowest BCUT2D eigenvalue weighted by molar-refractivity contribution is -0.118. The molecule has 30 heavy (non-hydrogen) atoms. The summed E-state index contributed by atoms with van der Waals surface area (Å²) in [4.78, 5) is 20.0. The predicted molar refractivity (Wildman–Crippen MR) is 122 cm³/mol. The van der Waals surface area contributed by atoms with Crippen molar-refractivity contribution >= 4 is 43.4 Å². The molecule has 0 atom stereocenters. The van der Waals surface area contributed by atoms with Crippen molar-refractivity contribution < 1.29 is 9.21 Å². The van der Waals surface area contributed by atoms with E-state index in [0.29, 0.717) is 18.1 Å². The second kappa shape index (κ2) is 7.76. The summed E-state index contributed by atoms with van der Waals surface area (Å²) in [5.41, 5.74) is 3.06. The highest BCUT2D eigenvalue weighted by Gasteiger charge is 2.22. The number of thiazole rings is 1. The highest BCUT2D eigenvalue weighted by atomic mass is 32.1. The molecule has 0 N–H and O–H groups in total. The largest absolute Gasteiger partial charge is 0.467 e. The maximum Gasteiger partial charge on any atom is 0.233 e. The molecule has 2 heterocycles. The van der Waals surface area contributed by atoms with Crippen LogP contribution in [-0.2, 0) is 17.8 Å². The fourth-order valence-corrected chi connectivity index (χ4v) is 4.78. The van der Waals surface area contributed by atoms with Gasteiger partial charge < -0.3 is 4.42 Å². The van der Waals surface area contributed by atoms with Crippen LogP contribution in [0.2, 0.25) is 0 Å². The van der Waals surface area contributed by atoms with Crippen molar-refractivity contribution in [1.82, 2.24) is 4.98 Å². The number of hydrogen-bond acceptors (Lipinski definition) is 4. The maximum atomic E-state index is 13.5. The Morgan fingerprint density at radius 3 is 2.67 bits per heavy atom. The standard InChI is InChI=1S/C25H20N2O2S/c1-17-7-4-13-22-24(17)26-25(30-22)27(16-20-11-6-14-29-20)23(28)15-19-10-5-9-18-8-2-3-12-21(18)19/h2-14H,15-16H2,1H3. The predicted octanol–water partition coefficient (Wildman–Crippen LogP) is 6.13. The number of anilines is 1. The number of nitrogens with zero attached hydrogens (tertiary/aromatic N) is 2. The third-order valence-corrected chi connectivity index (χ3v) is 6.30. The summed E-state index contributed by atoms with van der Waals surface area (Å²) < 4.78 is 6.61. The summed E-state index contributed by atoms with van der Waals surface area (Å²) in [6, 6.07) is 24.1. The summed E-state index contributed by atoms with van der Waals surface area (Å²) in [7, 11) is 0. The number of fused-ring (bicyclic) bond motifs is 2. The van der Waals surface area contributed by atoms with E-state index in [2.05, 4.69) is 18.2 Å². The zero-order valence-corrected chi connectivity index (χ0v) is 17.4. The molecule has 0 aliphatic rings. The van der Waals surface area contributed by atoms with E-state index in [9.17, 15) is 4.79 Å². The minimum absolute atomic E-state index is 0.000498. The molecule has 1 amide bonds. The Labute approximate surface area is 178 Å². The molecule has 5 rings (SSSR count). The summed E-state index contributed by atoms with van der Waals surface area (Å²) >= 11 is 1.54. The first-order valence-electron chi connectivity index (χ1n) is 9.84. The fourth-order valence-electron chi connectivity index (χ4n) is 3.72. The first-order chi connectivity index (χ1) is 14.7. The lowest BCUT2D eigenvalue weighted by atomic mass is 10.0. The van der Waals surface area contributed by atoms with E-state index in [4.69, 9.17) is 9.40 Å². The van der Waals surface area contributed by atoms with Crippen LogP contribution in [0.1, 0.15) is 16.9 Å². The summed E-state index contributed by atoms with van der Waals surface area (Å²) in [5.74, 6) is 0.733. The van der Waals surface area contributed by atoms with E-state index in [1.165, 1.54) is 11.3 Å². The van der Waals surface area contributed by atoms with Gasteiger partial charge >= 0.3 is 0 Å². The molecule has 2 aromatic heterocycles. The first kappa shape index (κ1) is 18.6. The summed E-state index contributed by atoms with van der Waals surface area (Å²) in [6.07, 6.45) is 1.93. The van der Waals surface area contributed by atoms with E-state index in [1.807, 2.05) is 61.5 Å². The second-order valence-corrected chi connectivity index (χ2v) is 8.30. The van der Waals surface area contributed by atoms with Crippen LogP contribution in [0.25, 0.3) is 21.0 Å². The van der Waals surface area contributed by atoms with Crippen molar-refractivity contribution in [3.05, 3.63) is 95.9 Å². The van der Waals surface area contributed by atoms with Crippen molar-refractivity contribution in [3.63, 3.8) is 0 Å². The van der Waals surface area contributed by atoms with Gasteiger partial charge in [-0.15, -0.1) is 0 Å². The number of carbonyl (C=O) groups is 1. The van der Waals surface area contributed by atoms with Crippen LogP contribution in [0.15, 0.2) is 83.5 Å². The van der Waals surface area contributed by atoms with Gasteiger partial charge in [0.2, 0.25) is 5.91 Å². The van der Waals surface area contributed by atoms with E-state index in [-0.39, 0.29) is 5.91 Å². The molecule has 4 nitrogen and oxygen atoms in total. The van der Waals surface area contributed by atoms with Crippen molar-refractivity contribution in [3.8, 4) is 0 Å². The number of para-hydroxylation sites is 1. The molecule has 0 radical (unpaired) electrons. The molecule has 148 valence electrons. The molecule has 5 aromatic rings. The van der Waals surface area contributed by atoms with Gasteiger partial charge in [0.15, 0.2) is 5.13 Å². The SMILES string of the molecule is Cc1cccc2sc(N(Cc3ccco3)C(=O)Cc3cccc4ccccc34)nc12. The van der Waals surface area contributed by atoms with Gasteiger partial charge in [-0.25, -0.2) is 4.98 Å². The monoisotopic (exact) mass is 412 g/mol. The quantitative estimate of drug-likeness (QED) is 0.349. The highest BCUT2D eigenvalue weighted by molar-refractivity contribution is 7.22. The zero-order valence-electron chi connectivity index (χ0n) is 16.5. The van der Waals surface area contributed by atoms with E-state index in [1.54, 1.807) is 11.2 Å². The van der Waals surface area contributed by atoms with Crippen LogP contribution in [0, 0.1) is 6.92 Å². The molecule has 0 aliphatic heterocycles. The van der Waals surface area contributed by atoms with Crippen LogP contribution in [0.4, 0.5) is 5.13 Å². The number of benzene rings is 3. The number of aromatic nitrogens is 1. The van der Waals surface area contributed by atoms with Crippen LogP contribution in [-0.4, -0.2) is 10.9 Å². The summed E-state index contributed by atoms with van der Waals surface area (Å²) in [5, 5.41) is 2.93. The first-order valence-corrected chi connectivity index (χ1v) is 10.7. The molecule has 0 saturated carbocycles. The van der Waals surface area contributed by atoms with Gasteiger partial charge in [0.25, 0.3) is 0 Å². The molecule has 5 heteroatoms. The Morgan fingerprint density at radius 1 is 1.00 bits per heavy atom. The van der Waals surface area contributed by atoms with Gasteiger partial charge in [-0.2, -0.15) is 0 Å². The number of carbonyl (C=O) groups excluding carboxylic acids is 1. The molecule has 0 fully saturated rings. The topological polar surface area (TPSA) is 46.3 Å². The second-order valence-electron chi connectivity index (χ2n) is 7.29. The zero-order chi connectivity index (χ0) is 20.5. The van der Waals surface area contributed by atoms with Crippen LogP contribution < -0.4 is 4.90 Å². The van der Waals surface area contributed by atoms with Crippen molar-refractivity contribution in [2.45, 2.75) is 19.9 Å². The number of amides is 1. The molecule has 0 bridgehead atoms. The smallest absolute Gasteiger partial charge is 0.233 e. The number of aryl methyl sites for hydroxylation is 1. The Bertz CT molecular complexity index is 1330. The number of hydrogen-bond donors (Lipinski definition) is 0. The van der Waals surface area contributed by atoms with Crippen LogP contribution >= 0.6 is 11.3 Å². The van der Waals surface area contributed by atoms with Gasteiger partial charge in [-0.1, -0.05) is 65.9 Å². The number of furan rings is 1. The van der Waals surface area contributed by atoms with E-state index >= 15 is 0 Å². The highest BCUT2D eigenvalue weighted by Crippen LogP contribution is 2.32. The Balaban J connectivity index is 1.53.